The number of fused-ring (bicyclic) bond motifs is 2. The van der Waals surface area contributed by atoms with E-state index in [2.05, 4.69) is 30.3 Å². The molecule has 0 aliphatic heterocycles. The van der Waals surface area contributed by atoms with E-state index in [0.717, 1.165) is 17.8 Å². The number of benzene rings is 1. The molecule has 4 atom stereocenters. The minimum atomic E-state index is 0.500. The van der Waals surface area contributed by atoms with Crippen molar-refractivity contribution in [1.29, 1.82) is 0 Å². The molecule has 0 spiro atoms. The molecule has 0 unspecified atom stereocenters. The van der Waals surface area contributed by atoms with Crippen LogP contribution in [-0.2, 0) is 0 Å². The fourth-order valence-corrected chi connectivity index (χ4v) is 3.43. The summed E-state index contributed by atoms with van der Waals surface area (Å²) in [6.07, 6.45) is 3.96. The highest BCUT2D eigenvalue weighted by Crippen LogP contribution is 2.52. The first-order valence-electron chi connectivity index (χ1n) is 5.65. The van der Waals surface area contributed by atoms with E-state index in [0.29, 0.717) is 6.04 Å². The standard InChI is InChI=1S/C13H17N/c14-13-8-10-6-11(13)7-12(10)9-4-2-1-3-5-9/h1-5,10-13H,6-8,14H2/t10-,11-,12+,13-/m1/s1. The molecule has 0 aromatic heterocycles. The highest BCUT2D eigenvalue weighted by molar-refractivity contribution is 5.23. The minimum Gasteiger partial charge on any atom is -0.327 e. The molecule has 2 aliphatic carbocycles. The van der Waals surface area contributed by atoms with Crippen LogP contribution in [-0.4, -0.2) is 6.04 Å². The van der Waals surface area contributed by atoms with Gasteiger partial charge in [0.15, 0.2) is 0 Å². The normalized spacial score (nSPS) is 40.4. The summed E-state index contributed by atoms with van der Waals surface area (Å²) in [5.74, 6) is 2.49. The molecule has 1 aromatic rings. The smallest absolute Gasteiger partial charge is 0.00703 e. The van der Waals surface area contributed by atoms with Crippen molar-refractivity contribution >= 4 is 0 Å². The lowest BCUT2D eigenvalue weighted by molar-refractivity contribution is 0.375. The van der Waals surface area contributed by atoms with E-state index in [-0.39, 0.29) is 0 Å². The molecule has 1 heteroatoms. The molecule has 14 heavy (non-hydrogen) atoms. The summed E-state index contributed by atoms with van der Waals surface area (Å²) in [6.45, 7) is 0. The average Bonchev–Trinajstić information content (AvgIpc) is 2.77. The molecule has 0 saturated heterocycles. The van der Waals surface area contributed by atoms with Crippen LogP contribution < -0.4 is 5.73 Å². The molecule has 2 saturated carbocycles. The van der Waals surface area contributed by atoms with Gasteiger partial charge in [-0.3, -0.25) is 0 Å². The Morgan fingerprint density at radius 2 is 1.71 bits per heavy atom. The van der Waals surface area contributed by atoms with Gasteiger partial charge in [0, 0.05) is 6.04 Å². The molecule has 74 valence electrons. The van der Waals surface area contributed by atoms with Crippen molar-refractivity contribution in [2.24, 2.45) is 17.6 Å². The molecule has 2 aliphatic rings. The quantitative estimate of drug-likeness (QED) is 0.718. The van der Waals surface area contributed by atoms with Crippen molar-refractivity contribution in [3.8, 4) is 0 Å². The van der Waals surface area contributed by atoms with Crippen molar-refractivity contribution in [2.75, 3.05) is 0 Å². The Kier molecular flexibility index (Phi) is 1.88. The molecule has 1 nitrogen and oxygen atoms in total. The van der Waals surface area contributed by atoms with Crippen LogP contribution in [0.2, 0.25) is 0 Å². The molecule has 2 fully saturated rings. The van der Waals surface area contributed by atoms with Crippen molar-refractivity contribution in [2.45, 2.75) is 31.2 Å². The maximum Gasteiger partial charge on any atom is 0.00703 e. The second kappa shape index (κ2) is 3.09. The molecule has 3 rings (SSSR count). The van der Waals surface area contributed by atoms with E-state index in [9.17, 15) is 0 Å². The van der Waals surface area contributed by atoms with Gasteiger partial charge >= 0.3 is 0 Å². The first-order valence-corrected chi connectivity index (χ1v) is 5.65. The van der Waals surface area contributed by atoms with Crippen molar-refractivity contribution < 1.29 is 0 Å². The number of hydrogen-bond acceptors (Lipinski definition) is 1. The van der Waals surface area contributed by atoms with Crippen LogP contribution in [0.5, 0.6) is 0 Å². The van der Waals surface area contributed by atoms with Crippen LogP contribution in [0.3, 0.4) is 0 Å². The van der Waals surface area contributed by atoms with Gasteiger partial charge in [0.05, 0.1) is 0 Å². The van der Waals surface area contributed by atoms with E-state index < -0.39 is 0 Å². The van der Waals surface area contributed by atoms with E-state index >= 15 is 0 Å². The summed E-state index contributed by atoms with van der Waals surface area (Å²) in [5.41, 5.74) is 7.59. The summed E-state index contributed by atoms with van der Waals surface area (Å²) < 4.78 is 0. The van der Waals surface area contributed by atoms with Gasteiger partial charge in [0.1, 0.15) is 0 Å². The Bertz CT molecular complexity index is 317. The maximum atomic E-state index is 6.06. The second-order valence-corrected chi connectivity index (χ2v) is 4.91. The van der Waals surface area contributed by atoms with Gasteiger partial charge in [-0.2, -0.15) is 0 Å². The van der Waals surface area contributed by atoms with E-state index in [1.54, 1.807) is 0 Å². The van der Waals surface area contributed by atoms with Crippen LogP contribution in [0, 0.1) is 11.8 Å². The van der Waals surface area contributed by atoms with Crippen LogP contribution >= 0.6 is 0 Å². The molecular weight excluding hydrogens is 170 g/mol. The molecule has 2 N–H and O–H groups in total. The number of hydrogen-bond donors (Lipinski definition) is 1. The minimum absolute atomic E-state index is 0.500. The fourth-order valence-electron chi connectivity index (χ4n) is 3.43. The summed E-state index contributed by atoms with van der Waals surface area (Å²) >= 11 is 0. The Balaban J connectivity index is 1.84. The molecule has 0 heterocycles. The van der Waals surface area contributed by atoms with Crippen molar-refractivity contribution in [3.63, 3.8) is 0 Å². The zero-order chi connectivity index (χ0) is 9.54. The predicted octanol–water partition coefficient (Wildman–Crippen LogP) is 2.53. The van der Waals surface area contributed by atoms with Gasteiger partial charge in [-0.15, -0.1) is 0 Å². The lowest BCUT2D eigenvalue weighted by atomic mass is 9.82. The van der Waals surface area contributed by atoms with Gasteiger partial charge in [-0.25, -0.2) is 0 Å². The van der Waals surface area contributed by atoms with Gasteiger partial charge in [-0.1, -0.05) is 30.3 Å². The molecule has 0 radical (unpaired) electrons. The Hall–Kier alpha value is -0.820. The van der Waals surface area contributed by atoms with Crippen LogP contribution in [0.25, 0.3) is 0 Å². The predicted molar refractivity (Wildman–Crippen MR) is 58.0 cm³/mol. The summed E-state index contributed by atoms with van der Waals surface area (Å²) in [7, 11) is 0. The van der Waals surface area contributed by atoms with Gasteiger partial charge in [0.2, 0.25) is 0 Å². The van der Waals surface area contributed by atoms with Crippen LogP contribution in [0.4, 0.5) is 0 Å². The summed E-state index contributed by atoms with van der Waals surface area (Å²) in [5, 5.41) is 0. The Morgan fingerprint density at radius 1 is 0.929 bits per heavy atom. The monoisotopic (exact) mass is 187 g/mol. The highest BCUT2D eigenvalue weighted by atomic mass is 14.7. The van der Waals surface area contributed by atoms with E-state index in [1.807, 2.05) is 0 Å². The third-order valence-corrected chi connectivity index (χ3v) is 4.14. The number of nitrogens with two attached hydrogens (primary N) is 1. The second-order valence-electron chi connectivity index (χ2n) is 4.91. The van der Waals surface area contributed by atoms with E-state index in [1.165, 1.54) is 24.8 Å². The largest absolute Gasteiger partial charge is 0.327 e. The highest BCUT2D eigenvalue weighted by Gasteiger charge is 2.44. The molecule has 1 aromatic carbocycles. The van der Waals surface area contributed by atoms with Crippen molar-refractivity contribution in [1.82, 2.24) is 0 Å². The molecule has 2 bridgehead atoms. The fraction of sp³-hybridized carbons (Fsp3) is 0.538. The van der Waals surface area contributed by atoms with Gasteiger partial charge < -0.3 is 5.73 Å². The lowest BCUT2D eigenvalue weighted by Gasteiger charge is -2.25. The molecule has 0 amide bonds. The first-order chi connectivity index (χ1) is 6.84. The average molecular weight is 187 g/mol. The maximum absolute atomic E-state index is 6.06. The summed E-state index contributed by atoms with van der Waals surface area (Å²) in [4.78, 5) is 0. The SMILES string of the molecule is N[C@@H]1C[C@H]2C[C@@H]1C[C@H]2c1ccccc1. The third-order valence-electron chi connectivity index (χ3n) is 4.14. The Labute approximate surface area is 85.3 Å². The topological polar surface area (TPSA) is 26.0 Å². The van der Waals surface area contributed by atoms with E-state index in [4.69, 9.17) is 5.73 Å². The van der Waals surface area contributed by atoms with Crippen LogP contribution in [0.15, 0.2) is 30.3 Å². The van der Waals surface area contributed by atoms with Gasteiger partial charge in [0.25, 0.3) is 0 Å². The zero-order valence-corrected chi connectivity index (χ0v) is 8.39. The van der Waals surface area contributed by atoms with Crippen molar-refractivity contribution in [3.05, 3.63) is 35.9 Å². The number of rotatable bonds is 1. The summed E-state index contributed by atoms with van der Waals surface area (Å²) in [6, 6.07) is 11.5. The zero-order valence-electron chi connectivity index (χ0n) is 8.39. The lowest BCUT2D eigenvalue weighted by Crippen LogP contribution is -2.28. The molecular formula is C13H17N. The van der Waals surface area contributed by atoms with Crippen LogP contribution in [0.1, 0.15) is 30.7 Å². The van der Waals surface area contributed by atoms with Gasteiger partial charge in [-0.05, 0) is 42.6 Å². The first kappa shape index (κ1) is 8.49. The third kappa shape index (κ3) is 1.19. The Morgan fingerprint density at radius 3 is 2.29 bits per heavy atom.